The van der Waals surface area contributed by atoms with E-state index < -0.39 is 21.5 Å². The van der Waals surface area contributed by atoms with Gasteiger partial charge in [0.1, 0.15) is 11.0 Å². The monoisotopic (exact) mass is 416 g/mol. The van der Waals surface area contributed by atoms with Crippen LogP contribution in [-0.2, 0) is 24.4 Å². The van der Waals surface area contributed by atoms with E-state index >= 15 is 0 Å². The first-order chi connectivity index (χ1) is 13.3. The molecule has 1 N–H and O–H groups in total. The number of hydrogen-bond acceptors (Lipinski definition) is 5. The molecule has 162 valence electrons. The van der Waals surface area contributed by atoms with E-state index in [1.165, 1.54) is 0 Å². The van der Waals surface area contributed by atoms with Crippen LogP contribution in [0.4, 0.5) is 0 Å². The van der Waals surface area contributed by atoms with Crippen molar-refractivity contribution in [2.75, 3.05) is 7.11 Å². The molecule has 0 heterocycles. The van der Waals surface area contributed by atoms with Crippen molar-refractivity contribution in [3.05, 3.63) is 0 Å². The second-order valence-electron chi connectivity index (χ2n) is 9.23. The summed E-state index contributed by atoms with van der Waals surface area (Å²) in [5, 5.41) is -0.813. The van der Waals surface area contributed by atoms with Crippen molar-refractivity contribution in [3.8, 4) is 0 Å². The molecular formula is C21H36O6S. The number of ether oxygens (including phenoxy) is 2. The van der Waals surface area contributed by atoms with Gasteiger partial charge >= 0.3 is 0 Å². The van der Waals surface area contributed by atoms with Crippen molar-refractivity contribution in [2.45, 2.75) is 101 Å². The minimum absolute atomic E-state index is 0.00377. The first kappa shape index (κ1) is 22.2. The molecule has 3 atom stereocenters. The van der Waals surface area contributed by atoms with E-state index in [1.54, 1.807) is 7.11 Å². The van der Waals surface area contributed by atoms with Gasteiger partial charge in [0, 0.05) is 18.9 Å². The van der Waals surface area contributed by atoms with Crippen molar-refractivity contribution in [2.24, 2.45) is 17.8 Å². The van der Waals surface area contributed by atoms with Gasteiger partial charge in [-0.05, 0) is 76.5 Å². The van der Waals surface area contributed by atoms with Crippen LogP contribution >= 0.6 is 0 Å². The number of rotatable bonds is 6. The molecule has 6 nitrogen and oxygen atoms in total. The summed E-state index contributed by atoms with van der Waals surface area (Å²) in [6, 6.07) is 0. The molecule has 0 amide bonds. The van der Waals surface area contributed by atoms with Gasteiger partial charge in [0.2, 0.25) is 0 Å². The molecule has 3 aliphatic rings. The molecule has 0 aliphatic heterocycles. The van der Waals surface area contributed by atoms with Gasteiger partial charge in [0.15, 0.2) is 0 Å². The first-order valence-electron chi connectivity index (χ1n) is 11.0. The maximum atomic E-state index is 12.9. The van der Waals surface area contributed by atoms with Crippen molar-refractivity contribution >= 4 is 15.9 Å². The van der Waals surface area contributed by atoms with Crippen LogP contribution in [0.5, 0.6) is 0 Å². The van der Waals surface area contributed by atoms with Gasteiger partial charge in [0.25, 0.3) is 10.1 Å². The molecule has 7 heteroatoms. The molecule has 3 saturated carbocycles. The maximum Gasteiger partial charge on any atom is 0.270 e. The maximum absolute atomic E-state index is 12.9. The average Bonchev–Trinajstić information content (AvgIpc) is 2.68. The fourth-order valence-corrected chi connectivity index (χ4v) is 6.57. The van der Waals surface area contributed by atoms with E-state index in [-0.39, 0.29) is 23.9 Å². The Balaban J connectivity index is 1.48. The summed E-state index contributed by atoms with van der Waals surface area (Å²) in [4.78, 5) is 12.9. The molecule has 0 aromatic rings. The molecular weight excluding hydrogens is 380 g/mol. The summed E-state index contributed by atoms with van der Waals surface area (Å²) in [5.41, 5.74) is 0. The quantitative estimate of drug-likeness (QED) is 0.663. The Bertz CT molecular complexity index is 617. The summed E-state index contributed by atoms with van der Waals surface area (Å²) < 4.78 is 44.7. The number of Topliss-reactive ketones (excluding diaryl/α,β-unsaturated/α-hetero) is 1. The van der Waals surface area contributed by atoms with Gasteiger partial charge in [0.05, 0.1) is 18.3 Å². The summed E-state index contributed by atoms with van der Waals surface area (Å²) in [6.07, 6.45) is 9.01. The van der Waals surface area contributed by atoms with E-state index in [0.29, 0.717) is 24.7 Å². The van der Waals surface area contributed by atoms with Crippen LogP contribution in [0.1, 0.15) is 77.6 Å². The lowest BCUT2D eigenvalue weighted by Gasteiger charge is -2.37. The van der Waals surface area contributed by atoms with Crippen molar-refractivity contribution in [3.63, 3.8) is 0 Å². The Morgan fingerprint density at radius 2 is 1.39 bits per heavy atom. The van der Waals surface area contributed by atoms with E-state index in [0.717, 1.165) is 57.8 Å². The molecule has 0 aromatic carbocycles. The number of carbonyl (C=O) groups excluding carboxylic acids is 1. The highest BCUT2D eigenvalue weighted by molar-refractivity contribution is 7.86. The lowest BCUT2D eigenvalue weighted by molar-refractivity contribution is -0.131. The van der Waals surface area contributed by atoms with Gasteiger partial charge in [-0.1, -0.05) is 6.92 Å². The van der Waals surface area contributed by atoms with Gasteiger partial charge in [-0.3, -0.25) is 9.35 Å². The Kier molecular flexibility index (Phi) is 7.56. The second kappa shape index (κ2) is 9.54. The van der Waals surface area contributed by atoms with Crippen LogP contribution in [0, 0.1) is 17.8 Å². The summed E-state index contributed by atoms with van der Waals surface area (Å²) >= 11 is 0. The molecule has 0 saturated heterocycles. The fourth-order valence-electron chi connectivity index (χ4n) is 5.42. The van der Waals surface area contributed by atoms with E-state index in [4.69, 9.17) is 9.47 Å². The number of carbonyl (C=O) groups is 1. The summed E-state index contributed by atoms with van der Waals surface area (Å²) in [6.45, 7) is 2.02. The normalized spacial score (nSPS) is 40.2. The van der Waals surface area contributed by atoms with Gasteiger partial charge in [-0.2, -0.15) is 8.42 Å². The standard InChI is InChI=1S/C21H36O6S/c1-14-3-12-19(20(13-14)28(23,24)25)27-18-10-6-16(7-11-18)21(22)15-4-8-17(26-2)9-5-15/h14-20H,3-13H2,1-2H3,(H,23,24,25). The molecule has 0 bridgehead atoms. The molecule has 0 radical (unpaired) electrons. The van der Waals surface area contributed by atoms with Crippen molar-refractivity contribution in [1.82, 2.24) is 0 Å². The molecule has 3 unspecified atom stereocenters. The van der Waals surface area contributed by atoms with Gasteiger partial charge in [-0.15, -0.1) is 0 Å². The first-order valence-corrected chi connectivity index (χ1v) is 12.5. The number of ketones is 1. The minimum atomic E-state index is -4.09. The predicted molar refractivity (Wildman–Crippen MR) is 107 cm³/mol. The highest BCUT2D eigenvalue weighted by atomic mass is 32.2. The average molecular weight is 417 g/mol. The second-order valence-corrected chi connectivity index (χ2v) is 10.9. The largest absolute Gasteiger partial charge is 0.381 e. The highest BCUT2D eigenvalue weighted by Gasteiger charge is 2.40. The van der Waals surface area contributed by atoms with Crippen LogP contribution in [0.2, 0.25) is 0 Å². The third-order valence-electron chi connectivity index (χ3n) is 7.23. The summed E-state index contributed by atoms with van der Waals surface area (Å²) in [5.74, 6) is 0.994. The zero-order valence-electron chi connectivity index (χ0n) is 17.2. The van der Waals surface area contributed by atoms with Crippen molar-refractivity contribution in [1.29, 1.82) is 0 Å². The Labute approximate surface area is 169 Å². The van der Waals surface area contributed by atoms with E-state index in [2.05, 4.69) is 0 Å². The van der Waals surface area contributed by atoms with Crippen LogP contribution < -0.4 is 0 Å². The Morgan fingerprint density at radius 1 is 0.857 bits per heavy atom. The molecule has 3 rings (SSSR count). The Morgan fingerprint density at radius 3 is 1.89 bits per heavy atom. The SMILES string of the molecule is COC1CCC(C(=O)C2CCC(OC3CCC(C)CC3S(=O)(=O)O)CC2)CC1. The summed E-state index contributed by atoms with van der Waals surface area (Å²) in [7, 11) is -2.35. The lowest BCUT2D eigenvalue weighted by Crippen LogP contribution is -2.43. The lowest BCUT2D eigenvalue weighted by atomic mass is 9.75. The number of hydrogen-bond donors (Lipinski definition) is 1. The third-order valence-corrected chi connectivity index (χ3v) is 8.49. The van der Waals surface area contributed by atoms with Gasteiger partial charge in [-0.25, -0.2) is 0 Å². The predicted octanol–water partition coefficient (Wildman–Crippen LogP) is 3.78. The molecule has 3 fully saturated rings. The topological polar surface area (TPSA) is 89.9 Å². The van der Waals surface area contributed by atoms with Crippen molar-refractivity contribution < 1.29 is 27.2 Å². The van der Waals surface area contributed by atoms with Crippen LogP contribution in [0.3, 0.4) is 0 Å². The molecule has 3 aliphatic carbocycles. The van der Waals surface area contributed by atoms with Crippen LogP contribution in [0.25, 0.3) is 0 Å². The molecule has 28 heavy (non-hydrogen) atoms. The van der Waals surface area contributed by atoms with Crippen LogP contribution in [0.15, 0.2) is 0 Å². The zero-order valence-corrected chi connectivity index (χ0v) is 18.0. The third kappa shape index (κ3) is 5.55. The van der Waals surface area contributed by atoms with Gasteiger partial charge < -0.3 is 9.47 Å². The highest BCUT2D eigenvalue weighted by Crippen LogP contribution is 2.37. The van der Waals surface area contributed by atoms with E-state index in [9.17, 15) is 17.8 Å². The van der Waals surface area contributed by atoms with E-state index in [1.807, 2.05) is 6.92 Å². The zero-order chi connectivity index (χ0) is 20.3. The molecule has 0 spiro atoms. The molecule has 0 aromatic heterocycles. The van der Waals surface area contributed by atoms with Crippen LogP contribution in [-0.4, -0.2) is 49.4 Å². The number of methoxy groups -OCH3 is 1. The minimum Gasteiger partial charge on any atom is -0.381 e. The smallest absolute Gasteiger partial charge is 0.270 e. The Hall–Kier alpha value is -0.500. The fraction of sp³-hybridized carbons (Fsp3) is 0.952.